The van der Waals surface area contributed by atoms with E-state index < -0.39 is 0 Å². The molecule has 0 aliphatic heterocycles. The Balaban J connectivity index is 1.67. The minimum Gasteiger partial charge on any atom is -0.211 e. The van der Waals surface area contributed by atoms with Gasteiger partial charge in [-0.3, -0.25) is 0 Å². The first kappa shape index (κ1) is 29.7. The van der Waals surface area contributed by atoms with Crippen molar-refractivity contribution in [2.24, 2.45) is 9.98 Å². The minimum atomic E-state index is 0.636. The van der Waals surface area contributed by atoms with Crippen LogP contribution < -0.4 is 0 Å². The highest BCUT2D eigenvalue weighted by atomic mass is 16.1. The molecule has 0 atom stereocenters. The molecule has 0 bridgehead atoms. The van der Waals surface area contributed by atoms with Crippen molar-refractivity contribution >= 4 is 22.9 Å². The van der Waals surface area contributed by atoms with E-state index in [1.165, 1.54) is 114 Å². The van der Waals surface area contributed by atoms with Crippen LogP contribution in [0, 0.1) is 0 Å². The SMILES string of the molecule is O=C=NCCCCCCCCCCc1ccc2ccccc2c1CCCCCCCCCCN=C=O. The van der Waals surface area contributed by atoms with Crippen LogP contribution in [0.1, 0.15) is 114 Å². The molecule has 0 fully saturated rings. The van der Waals surface area contributed by atoms with Gasteiger partial charge in [0.25, 0.3) is 0 Å². The number of aryl methyl sites for hydroxylation is 2. The van der Waals surface area contributed by atoms with Crippen molar-refractivity contribution in [1.82, 2.24) is 0 Å². The molecule has 0 spiro atoms. The number of fused-ring (bicyclic) bond motifs is 1. The highest BCUT2D eigenvalue weighted by Crippen LogP contribution is 2.26. The third-order valence-corrected chi connectivity index (χ3v) is 7.18. The third kappa shape index (κ3) is 13.0. The molecule has 0 radical (unpaired) electrons. The molecule has 0 unspecified atom stereocenters. The van der Waals surface area contributed by atoms with Gasteiger partial charge in [-0.15, -0.1) is 0 Å². The second-order valence-electron chi connectivity index (χ2n) is 10.0. The summed E-state index contributed by atoms with van der Waals surface area (Å²) in [6.07, 6.45) is 25.5. The van der Waals surface area contributed by atoms with Crippen LogP contribution in [-0.4, -0.2) is 25.2 Å². The van der Waals surface area contributed by atoms with E-state index in [2.05, 4.69) is 46.4 Å². The van der Waals surface area contributed by atoms with Gasteiger partial charge in [-0.1, -0.05) is 113 Å². The largest absolute Gasteiger partial charge is 0.234 e. The Kier molecular flexibility index (Phi) is 17.0. The monoisotopic (exact) mass is 490 g/mol. The predicted octanol–water partition coefficient (Wildman–Crippen LogP) is 8.84. The summed E-state index contributed by atoms with van der Waals surface area (Å²) in [5.41, 5.74) is 3.14. The number of rotatable bonds is 22. The molecule has 0 amide bonds. The fraction of sp³-hybridized carbons (Fsp3) is 0.625. The summed E-state index contributed by atoms with van der Waals surface area (Å²) < 4.78 is 0. The average Bonchev–Trinajstić information content (AvgIpc) is 2.91. The van der Waals surface area contributed by atoms with Gasteiger partial charge in [0.1, 0.15) is 0 Å². The Morgan fingerprint density at radius 3 is 1.53 bits per heavy atom. The Morgan fingerprint density at radius 1 is 0.500 bits per heavy atom. The van der Waals surface area contributed by atoms with Crippen molar-refractivity contribution in [2.75, 3.05) is 13.1 Å². The highest BCUT2D eigenvalue weighted by Gasteiger charge is 2.08. The van der Waals surface area contributed by atoms with Crippen molar-refractivity contribution in [1.29, 1.82) is 0 Å². The maximum atomic E-state index is 10.1. The lowest BCUT2D eigenvalue weighted by Gasteiger charge is -2.14. The first-order chi connectivity index (χ1) is 17.9. The lowest BCUT2D eigenvalue weighted by molar-refractivity contribution is 0.555. The van der Waals surface area contributed by atoms with Crippen molar-refractivity contribution in [2.45, 2.75) is 116 Å². The zero-order chi connectivity index (χ0) is 25.5. The summed E-state index contributed by atoms with van der Waals surface area (Å²) in [5, 5.41) is 2.82. The quantitative estimate of drug-likeness (QED) is 0.0940. The van der Waals surface area contributed by atoms with E-state index >= 15 is 0 Å². The zero-order valence-corrected chi connectivity index (χ0v) is 22.3. The molecule has 4 nitrogen and oxygen atoms in total. The summed E-state index contributed by atoms with van der Waals surface area (Å²) in [4.78, 5) is 27.4. The Labute approximate surface area is 218 Å². The molecule has 0 saturated heterocycles. The van der Waals surface area contributed by atoms with Gasteiger partial charge in [0.05, 0.1) is 13.1 Å². The number of nitrogens with zero attached hydrogens (tertiary/aromatic N) is 2. The molecule has 0 aromatic heterocycles. The Morgan fingerprint density at radius 2 is 0.972 bits per heavy atom. The van der Waals surface area contributed by atoms with Crippen LogP contribution in [-0.2, 0) is 22.4 Å². The predicted molar refractivity (Wildman–Crippen MR) is 151 cm³/mol. The van der Waals surface area contributed by atoms with Crippen LogP contribution in [0.3, 0.4) is 0 Å². The van der Waals surface area contributed by atoms with E-state index in [0.29, 0.717) is 13.1 Å². The third-order valence-electron chi connectivity index (χ3n) is 7.18. The molecular weight excluding hydrogens is 444 g/mol. The average molecular weight is 491 g/mol. The summed E-state index contributed by atoms with van der Waals surface area (Å²) in [5.74, 6) is 0. The molecule has 4 heteroatoms. The fourth-order valence-electron chi connectivity index (χ4n) is 5.12. The zero-order valence-electron chi connectivity index (χ0n) is 22.3. The summed E-state index contributed by atoms with van der Waals surface area (Å²) in [6, 6.07) is 13.6. The first-order valence-corrected chi connectivity index (χ1v) is 14.4. The molecule has 0 N–H and O–H groups in total. The van der Waals surface area contributed by atoms with Crippen molar-refractivity contribution < 1.29 is 9.59 Å². The summed E-state index contributed by atoms with van der Waals surface area (Å²) >= 11 is 0. The normalized spacial score (nSPS) is 10.8. The van der Waals surface area contributed by atoms with E-state index in [1.807, 2.05) is 0 Å². The first-order valence-electron chi connectivity index (χ1n) is 14.4. The van der Waals surface area contributed by atoms with E-state index in [4.69, 9.17) is 0 Å². The number of carbonyl (C=O) groups excluding carboxylic acids is 2. The molecule has 0 aliphatic rings. The van der Waals surface area contributed by atoms with Gasteiger partial charge in [-0.25, -0.2) is 19.6 Å². The Bertz CT molecular complexity index is 942. The number of aliphatic imine (C=N–C) groups is 2. The summed E-state index contributed by atoms with van der Waals surface area (Å²) in [7, 11) is 0. The van der Waals surface area contributed by atoms with Gasteiger partial charge >= 0.3 is 0 Å². The molecule has 2 aromatic carbocycles. The van der Waals surface area contributed by atoms with E-state index in [0.717, 1.165) is 12.8 Å². The number of isocyanates is 2. The van der Waals surface area contributed by atoms with Crippen molar-refractivity contribution in [3.63, 3.8) is 0 Å². The molecular formula is C32H46N2O2. The molecule has 2 aromatic rings. The number of benzene rings is 2. The van der Waals surface area contributed by atoms with Crippen LogP contribution in [0.5, 0.6) is 0 Å². The van der Waals surface area contributed by atoms with Crippen molar-refractivity contribution in [3.8, 4) is 0 Å². The van der Waals surface area contributed by atoms with Crippen molar-refractivity contribution in [3.05, 3.63) is 47.5 Å². The van der Waals surface area contributed by atoms with E-state index in [1.54, 1.807) is 23.3 Å². The summed E-state index contributed by atoms with van der Waals surface area (Å²) in [6.45, 7) is 1.27. The fourth-order valence-corrected chi connectivity index (χ4v) is 5.12. The van der Waals surface area contributed by atoms with Gasteiger partial charge < -0.3 is 0 Å². The minimum absolute atomic E-state index is 0.636. The van der Waals surface area contributed by atoms with Gasteiger partial charge in [0.15, 0.2) is 0 Å². The lowest BCUT2D eigenvalue weighted by Crippen LogP contribution is -1.97. The second kappa shape index (κ2) is 20.6. The lowest BCUT2D eigenvalue weighted by atomic mass is 9.91. The van der Waals surface area contributed by atoms with Crippen LogP contribution >= 0.6 is 0 Å². The second-order valence-corrected chi connectivity index (χ2v) is 10.0. The van der Waals surface area contributed by atoms with Gasteiger partial charge in [-0.2, -0.15) is 0 Å². The maximum Gasteiger partial charge on any atom is 0.234 e. The van der Waals surface area contributed by atoms with Gasteiger partial charge in [0, 0.05) is 0 Å². The molecule has 2 rings (SSSR count). The molecule has 36 heavy (non-hydrogen) atoms. The van der Waals surface area contributed by atoms with Gasteiger partial charge in [0.2, 0.25) is 12.2 Å². The van der Waals surface area contributed by atoms with Crippen LogP contribution in [0.2, 0.25) is 0 Å². The van der Waals surface area contributed by atoms with Crippen LogP contribution in [0.4, 0.5) is 0 Å². The van der Waals surface area contributed by atoms with E-state index in [9.17, 15) is 9.59 Å². The smallest absolute Gasteiger partial charge is 0.211 e. The number of hydrogen-bond acceptors (Lipinski definition) is 4. The standard InChI is InChI=1S/C32H46N2O2/c35-27-33-25-17-11-7-3-1-5-9-13-19-29-23-24-30-20-15-16-22-32(30)31(29)21-14-10-6-2-4-8-12-18-26-34-28-36/h15-16,20,22-24H,1-14,17-19,21,25-26H2. The van der Waals surface area contributed by atoms with E-state index in [-0.39, 0.29) is 0 Å². The Hall–Kier alpha value is -2.54. The number of hydrogen-bond donors (Lipinski definition) is 0. The molecule has 196 valence electrons. The highest BCUT2D eigenvalue weighted by molar-refractivity contribution is 5.86. The maximum absolute atomic E-state index is 10.1. The molecule has 0 saturated carbocycles. The number of unbranched alkanes of at least 4 members (excludes halogenated alkanes) is 14. The van der Waals surface area contributed by atoms with Crippen LogP contribution in [0.25, 0.3) is 10.8 Å². The molecule has 0 aliphatic carbocycles. The van der Waals surface area contributed by atoms with Crippen LogP contribution in [0.15, 0.2) is 46.4 Å². The van der Waals surface area contributed by atoms with Gasteiger partial charge in [-0.05, 0) is 60.4 Å². The topological polar surface area (TPSA) is 58.9 Å². The molecule has 0 heterocycles.